The summed E-state index contributed by atoms with van der Waals surface area (Å²) in [6, 6.07) is 3.91. The number of aromatic amines is 1. The smallest absolute Gasteiger partial charge is 0.218 e. The van der Waals surface area contributed by atoms with Gasteiger partial charge >= 0.3 is 0 Å². The van der Waals surface area contributed by atoms with E-state index < -0.39 is 0 Å². The Morgan fingerprint density at radius 3 is 2.62 bits per heavy atom. The van der Waals surface area contributed by atoms with Crippen molar-refractivity contribution in [2.24, 2.45) is 14.1 Å². The molecule has 0 atom stereocenters. The molecule has 0 aliphatic carbocycles. The van der Waals surface area contributed by atoms with Gasteiger partial charge in [0.15, 0.2) is 17.5 Å². The fourth-order valence-electron chi connectivity index (χ4n) is 3.41. The second-order valence-corrected chi connectivity index (χ2v) is 7.04. The molecule has 10 heteroatoms. The Balaban J connectivity index is 1.74. The molecule has 0 amide bonds. The average Bonchev–Trinajstić information content (AvgIpc) is 3.45. The second kappa shape index (κ2) is 6.30. The fraction of sp³-hybridized carbons (Fsp3) is 0.211. The van der Waals surface area contributed by atoms with E-state index in [1.807, 2.05) is 67.7 Å². The van der Waals surface area contributed by atoms with E-state index in [0.29, 0.717) is 23.3 Å². The Kier molecular flexibility index (Phi) is 3.73. The third kappa shape index (κ3) is 2.85. The molecule has 0 fully saturated rings. The Hall–Kier alpha value is -3.95. The van der Waals surface area contributed by atoms with Crippen LogP contribution in [0.4, 0.5) is 11.6 Å². The Morgan fingerprint density at radius 2 is 1.97 bits per heavy atom. The third-order valence-corrected chi connectivity index (χ3v) is 4.85. The molecule has 0 aliphatic rings. The topological polar surface area (TPSA) is 107 Å². The molecule has 5 rings (SSSR count). The van der Waals surface area contributed by atoms with E-state index in [1.165, 1.54) is 0 Å². The van der Waals surface area contributed by atoms with Crippen LogP contribution in [0, 0.1) is 13.8 Å². The zero-order valence-electron chi connectivity index (χ0n) is 16.5. The van der Waals surface area contributed by atoms with Crippen molar-refractivity contribution in [3.8, 4) is 22.9 Å². The minimum atomic E-state index is 0.516. The van der Waals surface area contributed by atoms with Gasteiger partial charge < -0.3 is 9.88 Å². The van der Waals surface area contributed by atoms with E-state index in [2.05, 4.69) is 25.6 Å². The normalized spacial score (nSPS) is 11.4. The maximum absolute atomic E-state index is 4.78. The summed E-state index contributed by atoms with van der Waals surface area (Å²) in [4.78, 5) is 9.17. The maximum atomic E-state index is 4.78. The van der Waals surface area contributed by atoms with Crippen molar-refractivity contribution in [3.63, 3.8) is 0 Å². The summed E-state index contributed by atoms with van der Waals surface area (Å²) in [7, 11) is 3.82. The number of aromatic nitrogens is 9. The zero-order valence-corrected chi connectivity index (χ0v) is 16.5. The number of hydrogen-bond acceptors (Lipinski definition) is 6. The van der Waals surface area contributed by atoms with E-state index in [9.17, 15) is 0 Å². The van der Waals surface area contributed by atoms with E-state index >= 15 is 0 Å². The highest BCUT2D eigenvalue weighted by molar-refractivity contribution is 5.83. The third-order valence-electron chi connectivity index (χ3n) is 4.85. The quantitative estimate of drug-likeness (QED) is 0.490. The minimum absolute atomic E-state index is 0.516. The monoisotopic (exact) mass is 388 g/mol. The van der Waals surface area contributed by atoms with Crippen LogP contribution in [0.2, 0.25) is 0 Å². The van der Waals surface area contributed by atoms with Gasteiger partial charge in [-0.25, -0.2) is 14.5 Å². The molecular formula is C19H20N10. The molecule has 0 aromatic carbocycles. The van der Waals surface area contributed by atoms with E-state index in [0.717, 1.165) is 28.0 Å². The SMILES string of the molecule is Cc1cc(Nc2nc(-c3nccn3C)nn3cc(-c4ccn(C)n4)c(C)c23)n[nH]1. The molecule has 0 unspecified atom stereocenters. The van der Waals surface area contributed by atoms with Crippen molar-refractivity contribution in [1.29, 1.82) is 0 Å². The summed E-state index contributed by atoms with van der Waals surface area (Å²) in [5, 5.41) is 19.8. The van der Waals surface area contributed by atoms with Gasteiger partial charge in [0.05, 0.1) is 5.69 Å². The molecule has 0 saturated heterocycles. The summed E-state index contributed by atoms with van der Waals surface area (Å²) in [6.45, 7) is 4.00. The number of nitrogens with one attached hydrogen (secondary N) is 2. The lowest BCUT2D eigenvalue weighted by molar-refractivity contribution is 0.770. The first kappa shape index (κ1) is 17.2. The largest absolute Gasteiger partial charge is 0.331 e. The number of imidazole rings is 1. The van der Waals surface area contributed by atoms with Gasteiger partial charge in [0, 0.05) is 56.2 Å². The molecule has 0 radical (unpaired) electrons. The van der Waals surface area contributed by atoms with Crippen LogP contribution in [0.15, 0.2) is 36.9 Å². The summed E-state index contributed by atoms with van der Waals surface area (Å²) < 4.78 is 5.51. The van der Waals surface area contributed by atoms with Crippen LogP contribution < -0.4 is 5.32 Å². The highest BCUT2D eigenvalue weighted by Crippen LogP contribution is 2.32. The van der Waals surface area contributed by atoms with Crippen LogP contribution in [0.1, 0.15) is 11.3 Å². The molecular weight excluding hydrogens is 368 g/mol. The van der Waals surface area contributed by atoms with Crippen LogP contribution in [0.3, 0.4) is 0 Å². The first-order chi connectivity index (χ1) is 14.0. The van der Waals surface area contributed by atoms with Crippen molar-refractivity contribution in [1.82, 2.24) is 44.1 Å². The molecule has 29 heavy (non-hydrogen) atoms. The van der Waals surface area contributed by atoms with Crippen LogP contribution in [0.5, 0.6) is 0 Å². The maximum Gasteiger partial charge on any atom is 0.218 e. The van der Waals surface area contributed by atoms with E-state index in [-0.39, 0.29) is 0 Å². The van der Waals surface area contributed by atoms with Gasteiger partial charge in [0.2, 0.25) is 5.82 Å². The molecule has 5 aromatic rings. The number of H-pyrrole nitrogens is 1. The van der Waals surface area contributed by atoms with Crippen molar-refractivity contribution in [3.05, 3.63) is 48.2 Å². The van der Waals surface area contributed by atoms with Gasteiger partial charge in [-0.05, 0) is 25.5 Å². The van der Waals surface area contributed by atoms with Crippen molar-refractivity contribution in [2.45, 2.75) is 13.8 Å². The van der Waals surface area contributed by atoms with Crippen molar-refractivity contribution in [2.75, 3.05) is 5.32 Å². The summed E-state index contributed by atoms with van der Waals surface area (Å²) >= 11 is 0. The van der Waals surface area contributed by atoms with Gasteiger partial charge in [0.25, 0.3) is 0 Å². The predicted molar refractivity (Wildman–Crippen MR) is 109 cm³/mol. The molecule has 146 valence electrons. The van der Waals surface area contributed by atoms with E-state index in [1.54, 1.807) is 10.9 Å². The lowest BCUT2D eigenvalue weighted by Crippen LogP contribution is -2.06. The zero-order chi connectivity index (χ0) is 20.1. The predicted octanol–water partition coefficient (Wildman–Crippen LogP) is 2.61. The van der Waals surface area contributed by atoms with Crippen LogP contribution in [-0.4, -0.2) is 44.1 Å². The van der Waals surface area contributed by atoms with Gasteiger partial charge in [-0.3, -0.25) is 9.78 Å². The minimum Gasteiger partial charge on any atom is -0.331 e. The molecule has 0 aliphatic heterocycles. The molecule has 0 spiro atoms. The standard InChI is InChI=1S/C19H20N10/c1-11-9-15(24-23-11)21-17-16-12(2)13(14-5-7-28(4)25-14)10-29(16)26-18(22-17)19-20-6-8-27(19)3/h5-10H,1-4H3,(H2,21,22,23,24,26). The molecule has 0 bridgehead atoms. The van der Waals surface area contributed by atoms with Gasteiger partial charge in [0.1, 0.15) is 5.52 Å². The first-order valence-corrected chi connectivity index (χ1v) is 9.16. The second-order valence-electron chi connectivity index (χ2n) is 7.04. The van der Waals surface area contributed by atoms with Crippen LogP contribution in [0.25, 0.3) is 28.4 Å². The fourth-order valence-corrected chi connectivity index (χ4v) is 3.41. The molecule has 0 saturated carbocycles. The van der Waals surface area contributed by atoms with E-state index in [4.69, 9.17) is 10.1 Å². The molecule has 2 N–H and O–H groups in total. The summed E-state index contributed by atoms with van der Waals surface area (Å²) in [6.07, 6.45) is 7.50. The van der Waals surface area contributed by atoms with Crippen LogP contribution >= 0.6 is 0 Å². The lowest BCUT2D eigenvalue weighted by atomic mass is 10.1. The number of nitrogens with zero attached hydrogens (tertiary/aromatic N) is 8. The molecule has 5 aromatic heterocycles. The van der Waals surface area contributed by atoms with Crippen LogP contribution in [-0.2, 0) is 14.1 Å². The highest BCUT2D eigenvalue weighted by atomic mass is 15.3. The Bertz CT molecular complexity index is 1330. The number of fused-ring (bicyclic) bond motifs is 1. The Labute approximate surface area is 166 Å². The number of anilines is 2. The van der Waals surface area contributed by atoms with Crippen molar-refractivity contribution >= 4 is 17.2 Å². The summed E-state index contributed by atoms with van der Waals surface area (Å²) in [5.74, 6) is 2.54. The number of rotatable bonds is 4. The van der Waals surface area contributed by atoms with Gasteiger partial charge in [-0.2, -0.15) is 10.2 Å². The van der Waals surface area contributed by atoms with Crippen molar-refractivity contribution < 1.29 is 0 Å². The average molecular weight is 388 g/mol. The summed E-state index contributed by atoms with van der Waals surface area (Å²) in [5.41, 5.74) is 4.74. The lowest BCUT2D eigenvalue weighted by Gasteiger charge is -2.09. The first-order valence-electron chi connectivity index (χ1n) is 9.16. The van der Waals surface area contributed by atoms with Gasteiger partial charge in [-0.1, -0.05) is 0 Å². The number of aryl methyl sites for hydroxylation is 4. The van der Waals surface area contributed by atoms with Gasteiger partial charge in [-0.15, -0.1) is 5.10 Å². The highest BCUT2D eigenvalue weighted by Gasteiger charge is 2.19. The number of hydrogen-bond donors (Lipinski definition) is 2. The molecule has 10 nitrogen and oxygen atoms in total. The molecule has 5 heterocycles. The Morgan fingerprint density at radius 1 is 1.10 bits per heavy atom.